The highest BCUT2D eigenvalue weighted by molar-refractivity contribution is 5.79. The lowest BCUT2D eigenvalue weighted by molar-refractivity contribution is -0.138. The number of rotatable bonds is 2. The number of nitrogens with zero attached hydrogens (tertiary/aromatic N) is 1. The van der Waals surface area contributed by atoms with E-state index in [-0.39, 0.29) is 5.92 Å². The van der Waals surface area contributed by atoms with E-state index in [1.807, 2.05) is 0 Å². The van der Waals surface area contributed by atoms with Crippen LogP contribution in [0.2, 0.25) is 0 Å². The van der Waals surface area contributed by atoms with Gasteiger partial charge in [-0.15, -0.1) is 0 Å². The van der Waals surface area contributed by atoms with Crippen LogP contribution in [-0.2, 0) is 4.79 Å². The van der Waals surface area contributed by atoms with Crippen LogP contribution in [0.1, 0.15) is 57.8 Å². The molecule has 1 aliphatic heterocycles. The molecule has 1 saturated heterocycles. The van der Waals surface area contributed by atoms with E-state index in [9.17, 15) is 4.79 Å². The van der Waals surface area contributed by atoms with E-state index in [0.717, 1.165) is 31.8 Å². The molecule has 3 aliphatic rings. The highest BCUT2D eigenvalue weighted by Gasteiger charge is 2.40. The van der Waals surface area contributed by atoms with E-state index in [1.165, 1.54) is 44.9 Å². The summed E-state index contributed by atoms with van der Waals surface area (Å²) in [7, 11) is 0. The van der Waals surface area contributed by atoms with Gasteiger partial charge in [0.2, 0.25) is 5.91 Å². The summed E-state index contributed by atoms with van der Waals surface area (Å²) in [4.78, 5) is 15.1. The average Bonchev–Trinajstić information content (AvgIpc) is 2.90. The van der Waals surface area contributed by atoms with Gasteiger partial charge in [-0.25, -0.2) is 0 Å². The molecule has 1 amide bonds. The lowest BCUT2D eigenvalue weighted by Crippen LogP contribution is -2.43. The van der Waals surface area contributed by atoms with Crippen molar-refractivity contribution in [3.8, 4) is 0 Å². The van der Waals surface area contributed by atoms with E-state index in [4.69, 9.17) is 5.73 Å². The van der Waals surface area contributed by atoms with Gasteiger partial charge in [0.25, 0.3) is 0 Å². The molecule has 0 bridgehead atoms. The Morgan fingerprint density at radius 3 is 2.74 bits per heavy atom. The molecular formula is C16H28N2O. The Bertz CT molecular complexity index is 331. The molecule has 4 atom stereocenters. The number of carbonyl (C=O) groups is 1. The largest absolute Gasteiger partial charge is 0.339 e. The Kier molecular flexibility index (Phi) is 4.11. The number of hydrogen-bond acceptors (Lipinski definition) is 2. The number of carbonyl (C=O) groups excluding carboxylic acids is 1. The second-order valence-corrected chi connectivity index (χ2v) is 6.90. The van der Waals surface area contributed by atoms with Crippen molar-refractivity contribution in [3.63, 3.8) is 0 Å². The maximum absolute atomic E-state index is 12.8. The molecule has 3 heteroatoms. The van der Waals surface area contributed by atoms with Crippen LogP contribution in [0.25, 0.3) is 0 Å². The van der Waals surface area contributed by atoms with Gasteiger partial charge < -0.3 is 10.6 Å². The maximum atomic E-state index is 12.8. The predicted molar refractivity (Wildman–Crippen MR) is 76.6 cm³/mol. The van der Waals surface area contributed by atoms with Crippen LogP contribution in [0.3, 0.4) is 0 Å². The second kappa shape index (κ2) is 5.82. The Morgan fingerprint density at radius 2 is 1.89 bits per heavy atom. The fraction of sp³-hybridized carbons (Fsp3) is 0.938. The van der Waals surface area contributed by atoms with Crippen molar-refractivity contribution < 1.29 is 4.79 Å². The fourth-order valence-corrected chi connectivity index (χ4v) is 4.64. The first-order valence-corrected chi connectivity index (χ1v) is 8.30. The number of hydrogen-bond donors (Lipinski definition) is 1. The van der Waals surface area contributed by atoms with Gasteiger partial charge in [-0.1, -0.05) is 19.3 Å². The summed E-state index contributed by atoms with van der Waals surface area (Å²) in [5.74, 6) is 2.15. The molecule has 2 saturated carbocycles. The Hall–Kier alpha value is -0.570. The summed E-state index contributed by atoms with van der Waals surface area (Å²) in [5.41, 5.74) is 5.80. The first-order chi connectivity index (χ1) is 9.29. The molecule has 0 aromatic rings. The Morgan fingerprint density at radius 1 is 1.05 bits per heavy atom. The van der Waals surface area contributed by atoms with E-state index >= 15 is 0 Å². The third kappa shape index (κ3) is 2.67. The van der Waals surface area contributed by atoms with Gasteiger partial charge in [-0.2, -0.15) is 0 Å². The zero-order chi connectivity index (χ0) is 13.2. The third-order valence-corrected chi connectivity index (χ3v) is 5.76. The molecule has 3 nitrogen and oxygen atoms in total. The summed E-state index contributed by atoms with van der Waals surface area (Å²) in [5, 5.41) is 0. The maximum Gasteiger partial charge on any atom is 0.225 e. The molecular weight excluding hydrogens is 236 g/mol. The van der Waals surface area contributed by atoms with Crippen LogP contribution < -0.4 is 5.73 Å². The number of amides is 1. The summed E-state index contributed by atoms with van der Waals surface area (Å²) >= 11 is 0. The molecule has 2 N–H and O–H groups in total. The first-order valence-electron chi connectivity index (χ1n) is 8.30. The molecule has 0 aromatic heterocycles. The van der Waals surface area contributed by atoms with E-state index < -0.39 is 0 Å². The molecule has 2 aliphatic carbocycles. The van der Waals surface area contributed by atoms with Crippen LogP contribution >= 0.6 is 0 Å². The van der Waals surface area contributed by atoms with E-state index in [1.54, 1.807) is 0 Å². The smallest absolute Gasteiger partial charge is 0.225 e. The van der Waals surface area contributed by atoms with Gasteiger partial charge in [0.15, 0.2) is 0 Å². The number of nitrogens with two attached hydrogens (primary N) is 1. The van der Waals surface area contributed by atoms with Gasteiger partial charge >= 0.3 is 0 Å². The molecule has 108 valence electrons. The monoisotopic (exact) mass is 264 g/mol. The van der Waals surface area contributed by atoms with Crippen LogP contribution in [0.5, 0.6) is 0 Å². The standard InChI is InChI=1S/C16H28N2O/c17-11-12-4-3-6-14(10-12)16(19)18-9-8-13-5-1-2-7-15(13)18/h12-15H,1-11,17H2. The van der Waals surface area contributed by atoms with Gasteiger partial charge in [-0.05, 0) is 56.9 Å². The van der Waals surface area contributed by atoms with E-state index in [2.05, 4.69) is 4.90 Å². The minimum atomic E-state index is 0.281. The predicted octanol–water partition coefficient (Wildman–Crippen LogP) is 2.54. The number of likely N-dealkylation sites (tertiary alicyclic amines) is 1. The molecule has 3 fully saturated rings. The van der Waals surface area contributed by atoms with Crippen molar-refractivity contribution in [1.82, 2.24) is 4.90 Å². The van der Waals surface area contributed by atoms with E-state index in [0.29, 0.717) is 17.9 Å². The van der Waals surface area contributed by atoms with Crippen molar-refractivity contribution in [3.05, 3.63) is 0 Å². The van der Waals surface area contributed by atoms with Crippen molar-refractivity contribution in [2.24, 2.45) is 23.5 Å². The van der Waals surface area contributed by atoms with Crippen molar-refractivity contribution in [1.29, 1.82) is 0 Å². The summed E-state index contributed by atoms with van der Waals surface area (Å²) in [6.45, 7) is 1.79. The highest BCUT2D eigenvalue weighted by atomic mass is 16.2. The zero-order valence-electron chi connectivity index (χ0n) is 12.0. The van der Waals surface area contributed by atoms with Crippen molar-refractivity contribution in [2.45, 2.75) is 63.8 Å². The summed E-state index contributed by atoms with van der Waals surface area (Å²) in [6, 6.07) is 0.583. The molecule has 3 rings (SSSR count). The van der Waals surface area contributed by atoms with Gasteiger partial charge in [0.05, 0.1) is 0 Å². The molecule has 19 heavy (non-hydrogen) atoms. The van der Waals surface area contributed by atoms with Gasteiger partial charge in [-0.3, -0.25) is 4.79 Å². The Labute approximate surface area is 116 Å². The van der Waals surface area contributed by atoms with Crippen LogP contribution in [0.15, 0.2) is 0 Å². The number of fused-ring (bicyclic) bond motifs is 1. The average molecular weight is 264 g/mol. The second-order valence-electron chi connectivity index (χ2n) is 6.90. The van der Waals surface area contributed by atoms with Crippen LogP contribution in [-0.4, -0.2) is 29.9 Å². The first kappa shape index (κ1) is 13.4. The SMILES string of the molecule is NCC1CCCC(C(=O)N2CCC3CCCCC32)C1. The third-order valence-electron chi connectivity index (χ3n) is 5.76. The zero-order valence-corrected chi connectivity index (χ0v) is 12.0. The summed E-state index contributed by atoms with van der Waals surface area (Å²) in [6.07, 6.45) is 11.1. The molecule has 1 heterocycles. The fourth-order valence-electron chi connectivity index (χ4n) is 4.64. The highest BCUT2D eigenvalue weighted by Crippen LogP contribution is 2.38. The van der Waals surface area contributed by atoms with Crippen LogP contribution in [0.4, 0.5) is 0 Å². The van der Waals surface area contributed by atoms with Gasteiger partial charge in [0, 0.05) is 18.5 Å². The minimum absolute atomic E-state index is 0.281. The topological polar surface area (TPSA) is 46.3 Å². The molecule has 0 radical (unpaired) electrons. The van der Waals surface area contributed by atoms with Gasteiger partial charge in [0.1, 0.15) is 0 Å². The van der Waals surface area contributed by atoms with Crippen LogP contribution in [0, 0.1) is 17.8 Å². The minimum Gasteiger partial charge on any atom is -0.339 e. The molecule has 0 aromatic carbocycles. The summed E-state index contributed by atoms with van der Waals surface area (Å²) < 4.78 is 0. The van der Waals surface area contributed by atoms with Crippen molar-refractivity contribution >= 4 is 5.91 Å². The lowest BCUT2D eigenvalue weighted by Gasteiger charge is -2.36. The van der Waals surface area contributed by atoms with Crippen molar-refractivity contribution in [2.75, 3.05) is 13.1 Å². The lowest BCUT2D eigenvalue weighted by atomic mass is 9.80. The molecule has 4 unspecified atom stereocenters. The quantitative estimate of drug-likeness (QED) is 0.833. The normalized spacial score (nSPS) is 39.1. The Balaban J connectivity index is 1.63. The molecule has 0 spiro atoms.